The number of aromatic amines is 1. The van der Waals surface area contributed by atoms with Gasteiger partial charge in [0.05, 0.1) is 12.4 Å². The standard InChI is InChI=1S/C24H28N6O2/c25-21(14-20-15-26-16-28-20)24(32)29-13-5-9-23(29)30(17-31)22-8-2-1-6-18(22)10-11-19-7-3-4-12-27-19/h1-4,6-8,12,15-17,21,23H,5,9-11,13-14,25H2,(H,26,28)/t21-,23+/m0/s1. The molecule has 1 fully saturated rings. The second-order valence-electron chi connectivity index (χ2n) is 8.00. The molecule has 3 heterocycles. The van der Waals surface area contributed by atoms with Gasteiger partial charge in [-0.05, 0) is 49.4 Å². The summed E-state index contributed by atoms with van der Waals surface area (Å²) in [6.45, 7) is 0.584. The van der Waals surface area contributed by atoms with Crippen molar-refractivity contribution in [2.75, 3.05) is 11.4 Å². The molecule has 0 unspecified atom stereocenters. The van der Waals surface area contributed by atoms with Gasteiger partial charge in [-0.3, -0.25) is 19.5 Å². The van der Waals surface area contributed by atoms with Crippen LogP contribution in [0.15, 0.2) is 61.2 Å². The van der Waals surface area contributed by atoms with Gasteiger partial charge in [0.25, 0.3) is 0 Å². The molecule has 2 amide bonds. The van der Waals surface area contributed by atoms with Crippen LogP contribution in [0.25, 0.3) is 0 Å². The first-order valence-corrected chi connectivity index (χ1v) is 10.9. The molecule has 3 N–H and O–H groups in total. The van der Waals surface area contributed by atoms with Crippen molar-refractivity contribution >= 4 is 18.0 Å². The number of para-hydroxylation sites is 1. The molecule has 3 aromatic rings. The number of rotatable bonds is 9. The van der Waals surface area contributed by atoms with Crippen molar-refractivity contribution < 1.29 is 9.59 Å². The van der Waals surface area contributed by atoms with Crippen LogP contribution in [-0.4, -0.2) is 50.9 Å². The number of pyridine rings is 1. The number of benzene rings is 1. The highest BCUT2D eigenvalue weighted by atomic mass is 16.2. The maximum atomic E-state index is 13.1. The Morgan fingerprint density at radius 2 is 2.09 bits per heavy atom. The first kappa shape index (κ1) is 21.7. The minimum atomic E-state index is -0.691. The summed E-state index contributed by atoms with van der Waals surface area (Å²) in [4.78, 5) is 40.2. The Morgan fingerprint density at radius 1 is 1.25 bits per heavy atom. The molecule has 1 aliphatic heterocycles. The molecule has 0 aliphatic carbocycles. The molecule has 0 bridgehead atoms. The second kappa shape index (κ2) is 10.2. The number of hydrogen-bond acceptors (Lipinski definition) is 5. The van der Waals surface area contributed by atoms with E-state index in [1.54, 1.807) is 28.5 Å². The van der Waals surface area contributed by atoms with E-state index in [4.69, 9.17) is 5.73 Å². The van der Waals surface area contributed by atoms with Crippen LogP contribution < -0.4 is 10.6 Å². The highest BCUT2D eigenvalue weighted by Crippen LogP contribution is 2.29. The Morgan fingerprint density at radius 3 is 2.84 bits per heavy atom. The van der Waals surface area contributed by atoms with E-state index in [1.165, 1.54) is 0 Å². The van der Waals surface area contributed by atoms with Crippen molar-refractivity contribution in [2.24, 2.45) is 5.73 Å². The van der Waals surface area contributed by atoms with Crippen molar-refractivity contribution in [3.63, 3.8) is 0 Å². The summed E-state index contributed by atoms with van der Waals surface area (Å²) in [6.07, 6.45) is 8.95. The van der Waals surface area contributed by atoms with Crippen LogP contribution in [0.2, 0.25) is 0 Å². The Balaban J connectivity index is 1.51. The first-order valence-electron chi connectivity index (χ1n) is 10.9. The van der Waals surface area contributed by atoms with Gasteiger partial charge in [-0.25, -0.2) is 4.98 Å². The van der Waals surface area contributed by atoms with Crippen LogP contribution in [0.3, 0.4) is 0 Å². The average molecular weight is 433 g/mol. The minimum absolute atomic E-state index is 0.153. The molecular formula is C24H28N6O2. The predicted molar refractivity (Wildman–Crippen MR) is 122 cm³/mol. The smallest absolute Gasteiger partial charge is 0.241 e. The lowest BCUT2D eigenvalue weighted by atomic mass is 10.0. The van der Waals surface area contributed by atoms with Crippen molar-refractivity contribution in [1.29, 1.82) is 0 Å². The molecule has 2 atom stereocenters. The summed E-state index contributed by atoms with van der Waals surface area (Å²) in [6, 6.07) is 13.0. The number of nitrogens with one attached hydrogen (secondary N) is 1. The number of likely N-dealkylation sites (tertiary alicyclic amines) is 1. The number of aromatic nitrogens is 3. The number of anilines is 1. The number of imidazole rings is 1. The maximum absolute atomic E-state index is 13.1. The lowest BCUT2D eigenvalue weighted by Crippen LogP contribution is -2.53. The Bertz CT molecular complexity index is 1020. The monoisotopic (exact) mass is 432 g/mol. The largest absolute Gasteiger partial charge is 0.348 e. The van der Waals surface area contributed by atoms with Crippen LogP contribution >= 0.6 is 0 Å². The second-order valence-corrected chi connectivity index (χ2v) is 8.00. The zero-order chi connectivity index (χ0) is 22.3. The molecule has 0 radical (unpaired) electrons. The molecule has 1 saturated heterocycles. The van der Waals surface area contributed by atoms with E-state index in [1.807, 2.05) is 42.5 Å². The Kier molecular flexibility index (Phi) is 6.91. The third-order valence-corrected chi connectivity index (χ3v) is 5.90. The van der Waals surface area contributed by atoms with Crippen molar-refractivity contribution in [3.8, 4) is 0 Å². The van der Waals surface area contributed by atoms with Gasteiger partial charge in [0.2, 0.25) is 12.3 Å². The van der Waals surface area contributed by atoms with Crippen LogP contribution in [0.5, 0.6) is 0 Å². The van der Waals surface area contributed by atoms with Crippen LogP contribution in [0.1, 0.15) is 29.8 Å². The number of aryl methyl sites for hydroxylation is 2. The van der Waals surface area contributed by atoms with Crippen molar-refractivity contribution in [1.82, 2.24) is 19.9 Å². The van der Waals surface area contributed by atoms with Crippen LogP contribution in [-0.2, 0) is 28.9 Å². The lowest BCUT2D eigenvalue weighted by Gasteiger charge is -2.35. The van der Waals surface area contributed by atoms with Gasteiger partial charge in [0.15, 0.2) is 0 Å². The Labute approximate surface area is 187 Å². The fourth-order valence-electron chi connectivity index (χ4n) is 4.30. The molecule has 0 saturated carbocycles. The fraction of sp³-hybridized carbons (Fsp3) is 0.333. The average Bonchev–Trinajstić information content (AvgIpc) is 3.52. The third kappa shape index (κ3) is 4.86. The quantitative estimate of drug-likeness (QED) is 0.503. The number of nitrogens with zero attached hydrogens (tertiary/aromatic N) is 4. The number of nitrogens with two attached hydrogens (primary N) is 1. The van der Waals surface area contributed by atoms with Gasteiger partial charge in [-0.1, -0.05) is 24.3 Å². The summed E-state index contributed by atoms with van der Waals surface area (Å²) < 4.78 is 0. The van der Waals surface area contributed by atoms with Crippen LogP contribution in [0, 0.1) is 0 Å². The molecule has 0 spiro atoms. The minimum Gasteiger partial charge on any atom is -0.348 e. The Hall–Kier alpha value is -3.52. The fourth-order valence-corrected chi connectivity index (χ4v) is 4.30. The van der Waals surface area contributed by atoms with Gasteiger partial charge >= 0.3 is 0 Å². The van der Waals surface area contributed by atoms with E-state index in [0.717, 1.165) is 54.7 Å². The molecule has 4 rings (SSSR count). The van der Waals surface area contributed by atoms with Gasteiger partial charge < -0.3 is 15.6 Å². The normalized spacial score (nSPS) is 16.7. The molecule has 1 aliphatic rings. The van der Waals surface area contributed by atoms with Gasteiger partial charge in [0.1, 0.15) is 6.17 Å². The van der Waals surface area contributed by atoms with E-state index in [9.17, 15) is 9.59 Å². The van der Waals surface area contributed by atoms with Gasteiger partial charge in [-0.15, -0.1) is 0 Å². The van der Waals surface area contributed by atoms with E-state index in [-0.39, 0.29) is 12.1 Å². The molecule has 166 valence electrons. The van der Waals surface area contributed by atoms with Gasteiger partial charge in [-0.2, -0.15) is 0 Å². The molecule has 32 heavy (non-hydrogen) atoms. The maximum Gasteiger partial charge on any atom is 0.241 e. The van der Waals surface area contributed by atoms with Crippen molar-refractivity contribution in [3.05, 3.63) is 78.1 Å². The number of amides is 2. The third-order valence-electron chi connectivity index (χ3n) is 5.90. The molecular weight excluding hydrogens is 404 g/mol. The van der Waals surface area contributed by atoms with E-state index >= 15 is 0 Å². The highest BCUT2D eigenvalue weighted by molar-refractivity contribution is 5.85. The topological polar surface area (TPSA) is 108 Å². The SMILES string of the molecule is N[C@@H](Cc1cnc[nH]1)C(=O)N1CCC[C@H]1N(C=O)c1ccccc1CCc1ccccn1. The van der Waals surface area contributed by atoms with Gasteiger partial charge in [0, 0.05) is 42.4 Å². The zero-order valence-corrected chi connectivity index (χ0v) is 17.9. The zero-order valence-electron chi connectivity index (χ0n) is 17.9. The lowest BCUT2D eigenvalue weighted by molar-refractivity contribution is -0.133. The summed E-state index contributed by atoms with van der Waals surface area (Å²) in [5, 5.41) is 0. The summed E-state index contributed by atoms with van der Waals surface area (Å²) in [5.74, 6) is -0.153. The molecule has 2 aromatic heterocycles. The summed E-state index contributed by atoms with van der Waals surface area (Å²) in [5.41, 5.74) is 9.91. The predicted octanol–water partition coefficient (Wildman–Crippen LogP) is 2.07. The molecule has 8 nitrogen and oxygen atoms in total. The van der Waals surface area contributed by atoms with Crippen molar-refractivity contribution in [2.45, 2.75) is 44.3 Å². The van der Waals surface area contributed by atoms with E-state index in [0.29, 0.717) is 13.0 Å². The van der Waals surface area contributed by atoms with E-state index < -0.39 is 6.04 Å². The molecule has 8 heteroatoms. The summed E-state index contributed by atoms with van der Waals surface area (Å²) >= 11 is 0. The number of hydrogen-bond donors (Lipinski definition) is 2. The summed E-state index contributed by atoms with van der Waals surface area (Å²) in [7, 11) is 0. The number of carbonyl (C=O) groups is 2. The molecule has 1 aromatic carbocycles. The van der Waals surface area contributed by atoms with E-state index in [2.05, 4.69) is 15.0 Å². The first-order chi connectivity index (χ1) is 15.7. The number of carbonyl (C=O) groups excluding carboxylic acids is 2. The number of H-pyrrole nitrogens is 1. The highest BCUT2D eigenvalue weighted by Gasteiger charge is 2.36. The van der Waals surface area contributed by atoms with Crippen LogP contribution in [0.4, 0.5) is 5.69 Å².